The van der Waals surface area contributed by atoms with Gasteiger partial charge in [-0.15, -0.1) is 0 Å². The van der Waals surface area contributed by atoms with Gasteiger partial charge in [0.05, 0.1) is 0 Å². The molecule has 96 valence electrons. The summed E-state index contributed by atoms with van der Waals surface area (Å²) in [5.74, 6) is -0.775. The molecule has 1 rings (SSSR count). The van der Waals surface area contributed by atoms with E-state index in [2.05, 4.69) is 0 Å². The number of methoxy groups -OCH3 is 1. The average molecular weight is 243 g/mol. The van der Waals surface area contributed by atoms with E-state index in [-0.39, 0.29) is 6.04 Å². The Hall–Kier alpha value is -1.00. The highest BCUT2D eigenvalue weighted by Crippen LogP contribution is 2.13. The van der Waals surface area contributed by atoms with Crippen LogP contribution in [0.1, 0.15) is 18.9 Å². The van der Waals surface area contributed by atoms with Crippen molar-refractivity contribution in [2.75, 3.05) is 13.7 Å². The Balaban J connectivity index is 2.52. The zero-order valence-electron chi connectivity index (χ0n) is 10.2. The maximum absolute atomic E-state index is 13.0. The second-order valence-corrected chi connectivity index (χ2v) is 4.54. The molecule has 1 aromatic rings. The molecule has 17 heavy (non-hydrogen) atoms. The van der Waals surface area contributed by atoms with E-state index in [1.54, 1.807) is 7.11 Å². The van der Waals surface area contributed by atoms with Gasteiger partial charge in [-0.1, -0.05) is 6.92 Å². The quantitative estimate of drug-likeness (QED) is 0.833. The number of halogens is 2. The van der Waals surface area contributed by atoms with Crippen molar-refractivity contribution in [3.63, 3.8) is 0 Å². The van der Waals surface area contributed by atoms with E-state index in [4.69, 9.17) is 10.5 Å². The highest BCUT2D eigenvalue weighted by molar-refractivity contribution is 5.18. The monoisotopic (exact) mass is 243 g/mol. The molecule has 0 heterocycles. The minimum Gasteiger partial charge on any atom is -0.384 e. The van der Waals surface area contributed by atoms with Crippen LogP contribution in [-0.2, 0) is 11.2 Å². The molecule has 0 aliphatic rings. The molecule has 2 nitrogen and oxygen atoms in total. The molecule has 0 spiro atoms. The third-order valence-corrected chi connectivity index (χ3v) is 2.58. The lowest BCUT2D eigenvalue weighted by Gasteiger charge is -2.16. The largest absolute Gasteiger partial charge is 0.384 e. The Morgan fingerprint density at radius 2 is 1.82 bits per heavy atom. The zero-order chi connectivity index (χ0) is 12.8. The van der Waals surface area contributed by atoms with Gasteiger partial charge in [0.2, 0.25) is 0 Å². The predicted molar refractivity (Wildman–Crippen MR) is 63.7 cm³/mol. The molecule has 0 amide bonds. The molecule has 2 N–H and O–H groups in total. The summed E-state index contributed by atoms with van der Waals surface area (Å²) in [7, 11) is 1.64. The van der Waals surface area contributed by atoms with Crippen molar-refractivity contribution in [3.8, 4) is 0 Å². The van der Waals surface area contributed by atoms with Gasteiger partial charge in [-0.25, -0.2) is 8.78 Å². The van der Waals surface area contributed by atoms with Crippen LogP contribution in [0.15, 0.2) is 18.2 Å². The van der Waals surface area contributed by atoms with Crippen LogP contribution in [0.5, 0.6) is 0 Å². The Morgan fingerprint density at radius 1 is 1.24 bits per heavy atom. The molecular weight excluding hydrogens is 224 g/mol. The van der Waals surface area contributed by atoms with Crippen molar-refractivity contribution < 1.29 is 13.5 Å². The second-order valence-electron chi connectivity index (χ2n) is 4.54. The first kappa shape index (κ1) is 14.1. The Labute approximate surface area is 101 Å². The van der Waals surface area contributed by atoms with Crippen LogP contribution in [0.4, 0.5) is 8.78 Å². The van der Waals surface area contributed by atoms with Crippen LogP contribution in [0, 0.1) is 17.6 Å². The predicted octanol–water partition coefficient (Wildman–Crippen LogP) is 2.51. The molecule has 0 saturated heterocycles. The van der Waals surface area contributed by atoms with Gasteiger partial charge >= 0.3 is 0 Å². The first-order valence-corrected chi connectivity index (χ1v) is 5.70. The summed E-state index contributed by atoms with van der Waals surface area (Å²) in [6.45, 7) is 2.68. The van der Waals surface area contributed by atoms with Crippen molar-refractivity contribution in [2.45, 2.75) is 25.8 Å². The highest BCUT2D eigenvalue weighted by atomic mass is 19.1. The first-order chi connectivity index (χ1) is 8.01. The van der Waals surface area contributed by atoms with Crippen LogP contribution < -0.4 is 5.73 Å². The maximum atomic E-state index is 13.0. The Bertz CT molecular complexity index is 337. The minimum absolute atomic E-state index is 0.110. The fourth-order valence-electron chi connectivity index (χ4n) is 1.98. The Kier molecular flexibility index (Phi) is 5.51. The average Bonchev–Trinajstić information content (AvgIpc) is 2.14. The summed E-state index contributed by atoms with van der Waals surface area (Å²) in [6, 6.07) is 3.40. The molecule has 0 aromatic heterocycles. The zero-order valence-corrected chi connectivity index (χ0v) is 10.2. The molecule has 1 aromatic carbocycles. The van der Waals surface area contributed by atoms with Gasteiger partial charge in [0.25, 0.3) is 0 Å². The van der Waals surface area contributed by atoms with Crippen LogP contribution in [0.25, 0.3) is 0 Å². The van der Waals surface area contributed by atoms with Gasteiger partial charge in [-0.05, 0) is 36.5 Å². The lowest BCUT2D eigenvalue weighted by atomic mass is 9.97. The summed E-state index contributed by atoms with van der Waals surface area (Å²) in [6.07, 6.45) is 1.24. The smallest absolute Gasteiger partial charge is 0.126 e. The van der Waals surface area contributed by atoms with E-state index in [9.17, 15) is 8.78 Å². The van der Waals surface area contributed by atoms with E-state index in [0.29, 0.717) is 24.5 Å². The molecule has 2 unspecified atom stereocenters. The molecule has 0 bridgehead atoms. The molecule has 0 aliphatic heterocycles. The van der Waals surface area contributed by atoms with Crippen LogP contribution in [0.2, 0.25) is 0 Å². The lowest BCUT2D eigenvalue weighted by Crippen LogP contribution is -2.26. The van der Waals surface area contributed by atoms with E-state index < -0.39 is 11.6 Å². The highest BCUT2D eigenvalue weighted by Gasteiger charge is 2.11. The van der Waals surface area contributed by atoms with Crippen molar-refractivity contribution in [3.05, 3.63) is 35.4 Å². The number of hydrogen-bond acceptors (Lipinski definition) is 2. The van der Waals surface area contributed by atoms with E-state index in [0.717, 1.165) is 12.5 Å². The molecular formula is C13H19F2NO. The normalized spacial score (nSPS) is 14.6. The van der Waals surface area contributed by atoms with Gasteiger partial charge in [-0.3, -0.25) is 0 Å². The summed E-state index contributed by atoms with van der Waals surface area (Å²) in [4.78, 5) is 0. The standard InChI is InChI=1S/C13H19F2NO/c1-9(8-17-2)3-13(16)6-10-4-11(14)7-12(15)5-10/h4-5,7,9,13H,3,6,8,16H2,1-2H3. The van der Waals surface area contributed by atoms with Crippen LogP contribution >= 0.6 is 0 Å². The molecule has 0 radical (unpaired) electrons. The number of rotatable bonds is 6. The van der Waals surface area contributed by atoms with Crippen molar-refractivity contribution in [2.24, 2.45) is 11.7 Å². The lowest BCUT2D eigenvalue weighted by molar-refractivity contribution is 0.152. The van der Waals surface area contributed by atoms with Crippen molar-refractivity contribution in [1.29, 1.82) is 0 Å². The number of nitrogens with two attached hydrogens (primary N) is 1. The summed E-state index contributed by atoms with van der Waals surface area (Å²) in [5.41, 5.74) is 6.53. The van der Waals surface area contributed by atoms with Crippen molar-refractivity contribution >= 4 is 0 Å². The minimum atomic E-state index is -0.558. The van der Waals surface area contributed by atoms with E-state index in [1.807, 2.05) is 6.92 Å². The van der Waals surface area contributed by atoms with Gasteiger partial charge in [0.1, 0.15) is 11.6 Å². The third-order valence-electron chi connectivity index (χ3n) is 2.58. The van der Waals surface area contributed by atoms with Crippen LogP contribution in [0.3, 0.4) is 0 Å². The molecule has 0 saturated carbocycles. The fraction of sp³-hybridized carbons (Fsp3) is 0.538. The first-order valence-electron chi connectivity index (χ1n) is 5.70. The molecule has 0 aliphatic carbocycles. The topological polar surface area (TPSA) is 35.2 Å². The SMILES string of the molecule is COCC(C)CC(N)Cc1cc(F)cc(F)c1. The number of benzene rings is 1. The van der Waals surface area contributed by atoms with Gasteiger partial charge in [0.15, 0.2) is 0 Å². The molecule has 2 atom stereocenters. The van der Waals surface area contributed by atoms with Gasteiger partial charge in [-0.2, -0.15) is 0 Å². The fourth-order valence-corrected chi connectivity index (χ4v) is 1.98. The number of hydrogen-bond donors (Lipinski definition) is 1. The van der Waals surface area contributed by atoms with Gasteiger partial charge in [0, 0.05) is 25.8 Å². The van der Waals surface area contributed by atoms with Gasteiger partial charge < -0.3 is 10.5 Å². The maximum Gasteiger partial charge on any atom is 0.126 e. The second kappa shape index (κ2) is 6.67. The Morgan fingerprint density at radius 3 is 2.35 bits per heavy atom. The summed E-state index contributed by atoms with van der Waals surface area (Å²) >= 11 is 0. The van der Waals surface area contributed by atoms with E-state index in [1.165, 1.54) is 12.1 Å². The summed E-state index contributed by atoms with van der Waals surface area (Å²) < 4.78 is 30.9. The van der Waals surface area contributed by atoms with Crippen molar-refractivity contribution in [1.82, 2.24) is 0 Å². The molecule has 4 heteroatoms. The van der Waals surface area contributed by atoms with Crippen LogP contribution in [-0.4, -0.2) is 19.8 Å². The number of ether oxygens (including phenoxy) is 1. The third kappa shape index (κ3) is 5.24. The summed E-state index contributed by atoms with van der Waals surface area (Å²) in [5, 5.41) is 0. The molecule has 0 fully saturated rings. The van der Waals surface area contributed by atoms with E-state index >= 15 is 0 Å².